The molecule has 184 valence electrons. The first-order valence-corrected chi connectivity index (χ1v) is 13.0. The number of rotatable bonds is 8. The maximum atomic E-state index is 13.3. The van der Waals surface area contributed by atoms with Crippen LogP contribution in [-0.4, -0.2) is 36.5 Å². The van der Waals surface area contributed by atoms with Gasteiger partial charge in [0, 0.05) is 22.2 Å². The average molecular weight is 542 g/mol. The van der Waals surface area contributed by atoms with Crippen LogP contribution >= 0.6 is 23.2 Å². The Labute approximate surface area is 218 Å². The number of halogens is 2. The van der Waals surface area contributed by atoms with Gasteiger partial charge in [-0.15, -0.1) is 0 Å². The molecule has 0 saturated heterocycles. The van der Waals surface area contributed by atoms with Crippen molar-refractivity contribution in [2.24, 2.45) is 5.10 Å². The number of aromatic hydroxyl groups is 1. The molecule has 0 saturated carbocycles. The van der Waals surface area contributed by atoms with Crippen LogP contribution < -0.4 is 5.43 Å². The van der Waals surface area contributed by atoms with Crippen LogP contribution in [0.3, 0.4) is 0 Å². The number of nitrogens with one attached hydrogen (secondary N) is 1. The first-order chi connectivity index (χ1) is 17.2. The molecule has 10 heteroatoms. The monoisotopic (exact) mass is 541 g/mol. The Bertz CT molecular complexity index is 1520. The van der Waals surface area contributed by atoms with Gasteiger partial charge in [0.2, 0.25) is 10.0 Å². The summed E-state index contributed by atoms with van der Waals surface area (Å²) in [7, 11) is -4.04. The normalized spacial score (nSPS) is 11.9. The van der Waals surface area contributed by atoms with E-state index in [9.17, 15) is 18.3 Å². The van der Waals surface area contributed by atoms with Gasteiger partial charge in [-0.2, -0.15) is 9.41 Å². The van der Waals surface area contributed by atoms with Crippen LogP contribution in [0.25, 0.3) is 10.8 Å². The molecule has 0 aromatic heterocycles. The Balaban J connectivity index is 1.55. The van der Waals surface area contributed by atoms with Gasteiger partial charge in [-0.1, -0.05) is 65.7 Å². The van der Waals surface area contributed by atoms with E-state index in [-0.39, 0.29) is 17.2 Å². The van der Waals surface area contributed by atoms with Crippen molar-refractivity contribution in [3.63, 3.8) is 0 Å². The number of sulfonamides is 1. The van der Waals surface area contributed by atoms with Crippen LogP contribution in [0.4, 0.5) is 0 Å². The predicted octanol–water partition coefficient (Wildman–Crippen LogP) is 5.19. The number of phenolic OH excluding ortho intramolecular Hbond substituents is 1. The van der Waals surface area contributed by atoms with Crippen LogP contribution in [0, 0.1) is 0 Å². The molecule has 2 N–H and O–H groups in total. The lowest BCUT2D eigenvalue weighted by atomic mass is 10.0. The SMILES string of the molecule is O=C(CN(Cc1ccc(Cl)cc1)S(=O)(=O)c1ccc(Cl)cc1)N/N=C\c1c(O)ccc2ccccc12. The summed E-state index contributed by atoms with van der Waals surface area (Å²) in [6.45, 7) is -0.560. The highest BCUT2D eigenvalue weighted by molar-refractivity contribution is 7.89. The number of hydrogen-bond donors (Lipinski definition) is 2. The molecule has 0 unspecified atom stereocenters. The topological polar surface area (TPSA) is 99.1 Å². The van der Waals surface area contributed by atoms with Crippen molar-refractivity contribution in [2.75, 3.05) is 6.54 Å². The fraction of sp³-hybridized carbons (Fsp3) is 0.0769. The summed E-state index contributed by atoms with van der Waals surface area (Å²) in [6, 6.07) is 23.1. The number of carbonyl (C=O) groups is 1. The lowest BCUT2D eigenvalue weighted by molar-refractivity contribution is -0.121. The van der Waals surface area contributed by atoms with Crippen molar-refractivity contribution in [1.29, 1.82) is 0 Å². The first kappa shape index (κ1) is 25.7. The molecule has 0 bridgehead atoms. The molecule has 1 amide bonds. The molecule has 0 spiro atoms. The van der Waals surface area contributed by atoms with Crippen molar-refractivity contribution in [1.82, 2.24) is 9.73 Å². The molecule has 0 atom stereocenters. The van der Waals surface area contributed by atoms with E-state index in [1.54, 1.807) is 30.3 Å². The summed E-state index contributed by atoms with van der Waals surface area (Å²) in [5, 5.41) is 16.7. The molecule has 4 aromatic carbocycles. The molecule has 4 aromatic rings. The Morgan fingerprint density at radius 2 is 1.56 bits per heavy atom. The molecule has 0 fully saturated rings. The Kier molecular flexibility index (Phi) is 7.91. The third-order valence-electron chi connectivity index (χ3n) is 5.37. The standard InChI is InChI=1S/C26H21Cl2N3O4S/c27-20-8-5-18(6-9-20)16-31(36(34,35)22-12-10-21(28)11-13-22)17-26(33)30-29-15-24-23-4-2-1-3-19(23)7-14-25(24)32/h1-15,32H,16-17H2,(H,30,33)/b29-15-. The summed E-state index contributed by atoms with van der Waals surface area (Å²) in [5.41, 5.74) is 3.43. The van der Waals surface area contributed by atoms with Gasteiger partial charge in [0.25, 0.3) is 5.91 Å². The summed E-state index contributed by atoms with van der Waals surface area (Å²) in [6.07, 6.45) is 1.33. The van der Waals surface area contributed by atoms with E-state index in [0.717, 1.165) is 15.1 Å². The van der Waals surface area contributed by atoms with Gasteiger partial charge in [0.05, 0.1) is 17.7 Å². The fourth-order valence-corrected chi connectivity index (χ4v) is 5.20. The van der Waals surface area contributed by atoms with Crippen LogP contribution in [0.1, 0.15) is 11.1 Å². The molecule has 0 aliphatic carbocycles. The maximum Gasteiger partial charge on any atom is 0.255 e. The number of hydrazone groups is 1. The van der Waals surface area contributed by atoms with Crippen LogP contribution in [-0.2, 0) is 21.4 Å². The fourth-order valence-electron chi connectivity index (χ4n) is 3.56. The summed E-state index contributed by atoms with van der Waals surface area (Å²) >= 11 is 11.9. The molecule has 36 heavy (non-hydrogen) atoms. The number of phenols is 1. The zero-order valence-corrected chi connectivity index (χ0v) is 21.1. The van der Waals surface area contributed by atoms with Gasteiger partial charge in [0.15, 0.2) is 0 Å². The van der Waals surface area contributed by atoms with E-state index >= 15 is 0 Å². The van der Waals surface area contributed by atoms with E-state index in [4.69, 9.17) is 23.2 Å². The molecule has 0 aliphatic heterocycles. The van der Waals surface area contributed by atoms with Gasteiger partial charge in [0.1, 0.15) is 5.75 Å². The number of amides is 1. The van der Waals surface area contributed by atoms with Crippen LogP contribution in [0.5, 0.6) is 5.75 Å². The maximum absolute atomic E-state index is 13.3. The first-order valence-electron chi connectivity index (χ1n) is 10.8. The molecular weight excluding hydrogens is 521 g/mol. The van der Waals surface area contributed by atoms with E-state index in [2.05, 4.69) is 10.5 Å². The highest BCUT2D eigenvalue weighted by Crippen LogP contribution is 2.25. The van der Waals surface area contributed by atoms with E-state index < -0.39 is 22.5 Å². The molecule has 0 aliphatic rings. The minimum Gasteiger partial charge on any atom is -0.507 e. The number of carbonyl (C=O) groups excluding carboxylic acids is 1. The molecule has 4 rings (SSSR count). The van der Waals surface area contributed by atoms with E-state index in [1.165, 1.54) is 36.5 Å². The van der Waals surface area contributed by atoms with Crippen molar-refractivity contribution in [2.45, 2.75) is 11.4 Å². The molecule has 0 heterocycles. The summed E-state index contributed by atoms with van der Waals surface area (Å²) in [5.74, 6) is -0.654. The van der Waals surface area contributed by atoms with E-state index in [1.807, 2.05) is 24.3 Å². The molecular formula is C26H21Cl2N3O4S. The third-order valence-corrected chi connectivity index (χ3v) is 7.68. The Hall–Kier alpha value is -3.43. The van der Waals surface area contributed by atoms with Crippen molar-refractivity contribution in [3.8, 4) is 5.75 Å². The number of nitrogens with zero attached hydrogens (tertiary/aromatic N) is 2. The average Bonchev–Trinajstić information content (AvgIpc) is 2.86. The Morgan fingerprint density at radius 3 is 2.25 bits per heavy atom. The minimum atomic E-state index is -4.04. The van der Waals surface area contributed by atoms with Crippen LogP contribution in [0.15, 0.2) is 94.9 Å². The highest BCUT2D eigenvalue weighted by Gasteiger charge is 2.27. The number of fused-ring (bicyclic) bond motifs is 1. The zero-order valence-electron chi connectivity index (χ0n) is 18.8. The number of hydrogen-bond acceptors (Lipinski definition) is 5. The second-order valence-corrected chi connectivity index (χ2v) is 10.7. The second kappa shape index (κ2) is 11.1. The summed E-state index contributed by atoms with van der Waals surface area (Å²) in [4.78, 5) is 12.7. The lowest BCUT2D eigenvalue weighted by Crippen LogP contribution is -2.39. The van der Waals surface area contributed by atoms with E-state index in [0.29, 0.717) is 21.2 Å². The number of benzene rings is 4. The van der Waals surface area contributed by atoms with Crippen molar-refractivity contribution < 1.29 is 18.3 Å². The molecule has 0 radical (unpaired) electrons. The zero-order chi connectivity index (χ0) is 25.7. The van der Waals surface area contributed by atoms with Gasteiger partial charge in [-0.3, -0.25) is 4.79 Å². The predicted molar refractivity (Wildman–Crippen MR) is 142 cm³/mol. The van der Waals surface area contributed by atoms with Crippen molar-refractivity contribution >= 4 is 56.1 Å². The third kappa shape index (κ3) is 6.03. The quantitative estimate of drug-likeness (QED) is 0.236. The van der Waals surface area contributed by atoms with Crippen LogP contribution in [0.2, 0.25) is 10.0 Å². The molecule has 7 nitrogen and oxygen atoms in total. The highest BCUT2D eigenvalue weighted by atomic mass is 35.5. The van der Waals surface area contributed by atoms with Crippen molar-refractivity contribution in [3.05, 3.63) is 106 Å². The van der Waals surface area contributed by atoms with Gasteiger partial charge in [-0.25, -0.2) is 13.8 Å². The minimum absolute atomic E-state index is 0.00128. The largest absolute Gasteiger partial charge is 0.507 e. The lowest BCUT2D eigenvalue weighted by Gasteiger charge is -2.21. The Morgan fingerprint density at radius 1 is 0.917 bits per heavy atom. The van der Waals surface area contributed by atoms with Gasteiger partial charge in [-0.05, 0) is 58.8 Å². The second-order valence-electron chi connectivity index (χ2n) is 7.87. The van der Waals surface area contributed by atoms with Gasteiger partial charge >= 0.3 is 0 Å². The van der Waals surface area contributed by atoms with Gasteiger partial charge < -0.3 is 5.11 Å². The summed E-state index contributed by atoms with van der Waals surface area (Å²) < 4.78 is 27.7. The smallest absolute Gasteiger partial charge is 0.255 e.